The summed E-state index contributed by atoms with van der Waals surface area (Å²) in [7, 11) is 0. The highest BCUT2D eigenvalue weighted by Gasteiger charge is 2.31. The minimum Gasteiger partial charge on any atom is -0.343 e. The van der Waals surface area contributed by atoms with E-state index in [1.807, 2.05) is 4.90 Å². The van der Waals surface area contributed by atoms with Crippen LogP contribution in [-0.4, -0.2) is 36.3 Å². The predicted octanol–water partition coefficient (Wildman–Crippen LogP) is 2.36. The highest BCUT2D eigenvalue weighted by Crippen LogP contribution is 2.31. The molecule has 0 aliphatic carbocycles. The Kier molecular flexibility index (Phi) is 4.14. The molecule has 1 aromatic carbocycles. The first-order valence-electron chi connectivity index (χ1n) is 7.91. The number of halogens is 1. The molecule has 1 aromatic rings. The number of carbonyl (C=O) groups excluding carboxylic acids is 2. The molecule has 3 rings (SSSR count). The molecule has 1 fully saturated rings. The van der Waals surface area contributed by atoms with Gasteiger partial charge in [-0.3, -0.25) is 9.59 Å². The van der Waals surface area contributed by atoms with Crippen LogP contribution in [0.1, 0.15) is 31.7 Å². The number of rotatable bonds is 1. The average Bonchev–Trinajstić information content (AvgIpc) is 2.53. The fraction of sp³-hybridized carbons (Fsp3) is 0.529. The van der Waals surface area contributed by atoms with Gasteiger partial charge in [0.1, 0.15) is 5.82 Å². The van der Waals surface area contributed by atoms with Gasteiger partial charge >= 0.3 is 0 Å². The highest BCUT2D eigenvalue weighted by molar-refractivity contribution is 5.96. The van der Waals surface area contributed by atoms with E-state index in [9.17, 15) is 14.0 Å². The van der Waals surface area contributed by atoms with Gasteiger partial charge in [-0.2, -0.15) is 0 Å². The van der Waals surface area contributed by atoms with E-state index >= 15 is 0 Å². The van der Waals surface area contributed by atoms with Gasteiger partial charge in [-0.1, -0.05) is 0 Å². The number of aryl methyl sites for hydroxylation is 1. The van der Waals surface area contributed by atoms with E-state index in [1.54, 1.807) is 17.9 Å². The van der Waals surface area contributed by atoms with Crippen molar-refractivity contribution in [3.8, 4) is 0 Å². The Labute approximate surface area is 129 Å². The maximum absolute atomic E-state index is 13.4. The van der Waals surface area contributed by atoms with Gasteiger partial charge < -0.3 is 9.80 Å². The van der Waals surface area contributed by atoms with E-state index in [1.165, 1.54) is 12.1 Å². The van der Waals surface area contributed by atoms with Crippen molar-refractivity contribution in [2.75, 3.05) is 24.5 Å². The van der Waals surface area contributed by atoms with Gasteiger partial charge in [-0.05, 0) is 49.4 Å². The molecule has 118 valence electrons. The topological polar surface area (TPSA) is 40.6 Å². The van der Waals surface area contributed by atoms with Crippen LogP contribution < -0.4 is 4.90 Å². The van der Waals surface area contributed by atoms with Crippen LogP contribution in [0.15, 0.2) is 18.2 Å². The molecule has 0 saturated carbocycles. The van der Waals surface area contributed by atoms with Crippen molar-refractivity contribution in [2.45, 2.75) is 32.6 Å². The number of amides is 2. The molecule has 0 radical (unpaired) electrons. The van der Waals surface area contributed by atoms with Crippen LogP contribution in [0.4, 0.5) is 10.1 Å². The molecule has 0 N–H and O–H groups in total. The zero-order valence-electron chi connectivity index (χ0n) is 12.8. The lowest BCUT2D eigenvalue weighted by atomic mass is 9.93. The number of likely N-dealkylation sites (tertiary alicyclic amines) is 1. The van der Waals surface area contributed by atoms with Crippen LogP contribution in [0.25, 0.3) is 0 Å². The first kappa shape index (κ1) is 15.0. The van der Waals surface area contributed by atoms with Gasteiger partial charge in [0.25, 0.3) is 0 Å². The lowest BCUT2D eigenvalue weighted by Gasteiger charge is -2.36. The zero-order valence-corrected chi connectivity index (χ0v) is 12.8. The lowest BCUT2D eigenvalue weighted by Crippen LogP contribution is -2.45. The third kappa shape index (κ3) is 2.85. The summed E-state index contributed by atoms with van der Waals surface area (Å²) in [5.74, 6) is -0.0881. The Bertz CT molecular complexity index is 594. The second-order valence-electron chi connectivity index (χ2n) is 6.15. The number of anilines is 1. The molecule has 2 aliphatic heterocycles. The van der Waals surface area contributed by atoms with Crippen molar-refractivity contribution in [1.29, 1.82) is 0 Å². The summed E-state index contributed by atoms with van der Waals surface area (Å²) < 4.78 is 13.4. The molecular formula is C17H21FN2O2. The minimum absolute atomic E-state index is 0.0356. The molecule has 22 heavy (non-hydrogen) atoms. The van der Waals surface area contributed by atoms with E-state index in [4.69, 9.17) is 0 Å². The summed E-state index contributed by atoms with van der Waals surface area (Å²) in [5, 5.41) is 0. The van der Waals surface area contributed by atoms with E-state index in [0.29, 0.717) is 32.5 Å². The number of hydrogen-bond donors (Lipinski definition) is 0. The molecule has 0 bridgehead atoms. The number of fused-ring (bicyclic) bond motifs is 1. The van der Waals surface area contributed by atoms with E-state index in [0.717, 1.165) is 24.1 Å². The molecule has 2 amide bonds. The van der Waals surface area contributed by atoms with Crippen molar-refractivity contribution in [1.82, 2.24) is 4.90 Å². The SMILES string of the molecule is CC(=O)N1CCC(C(=O)N2CCCc3cc(F)ccc32)CC1. The predicted molar refractivity (Wildman–Crippen MR) is 82.1 cm³/mol. The van der Waals surface area contributed by atoms with E-state index in [2.05, 4.69) is 0 Å². The Balaban J connectivity index is 1.73. The first-order chi connectivity index (χ1) is 10.6. The Morgan fingerprint density at radius 1 is 1.18 bits per heavy atom. The van der Waals surface area contributed by atoms with E-state index in [-0.39, 0.29) is 23.5 Å². The minimum atomic E-state index is -0.247. The molecule has 0 spiro atoms. The van der Waals surface area contributed by atoms with Crippen molar-refractivity contribution in [2.24, 2.45) is 5.92 Å². The molecule has 2 heterocycles. The van der Waals surface area contributed by atoms with Crippen LogP contribution >= 0.6 is 0 Å². The average molecular weight is 304 g/mol. The van der Waals surface area contributed by atoms with Crippen molar-refractivity contribution < 1.29 is 14.0 Å². The van der Waals surface area contributed by atoms with Gasteiger partial charge in [-0.15, -0.1) is 0 Å². The van der Waals surface area contributed by atoms with Gasteiger partial charge in [0, 0.05) is 38.2 Å². The standard InChI is InChI=1S/C17H21FN2O2/c1-12(21)19-9-6-13(7-10-19)17(22)20-8-2-3-14-11-15(18)4-5-16(14)20/h4-5,11,13H,2-3,6-10H2,1H3. The molecule has 4 nitrogen and oxygen atoms in total. The number of carbonyl (C=O) groups is 2. The molecule has 0 atom stereocenters. The summed E-state index contributed by atoms with van der Waals surface area (Å²) >= 11 is 0. The molecular weight excluding hydrogens is 283 g/mol. The first-order valence-corrected chi connectivity index (χ1v) is 7.91. The maximum atomic E-state index is 13.4. The molecule has 2 aliphatic rings. The van der Waals surface area contributed by atoms with Crippen molar-refractivity contribution >= 4 is 17.5 Å². The van der Waals surface area contributed by atoms with Gasteiger partial charge in [0.2, 0.25) is 11.8 Å². The number of piperidine rings is 1. The largest absolute Gasteiger partial charge is 0.343 e. The molecule has 0 unspecified atom stereocenters. The molecule has 1 saturated heterocycles. The lowest BCUT2D eigenvalue weighted by molar-refractivity contribution is -0.133. The monoisotopic (exact) mass is 304 g/mol. The normalized spacial score (nSPS) is 19.0. The van der Waals surface area contributed by atoms with Gasteiger partial charge in [0.15, 0.2) is 0 Å². The quantitative estimate of drug-likeness (QED) is 0.799. The second kappa shape index (κ2) is 6.07. The summed E-state index contributed by atoms with van der Waals surface area (Å²) in [6.07, 6.45) is 3.12. The highest BCUT2D eigenvalue weighted by atomic mass is 19.1. The summed E-state index contributed by atoms with van der Waals surface area (Å²) in [5.41, 5.74) is 1.77. The fourth-order valence-electron chi connectivity index (χ4n) is 3.46. The second-order valence-corrected chi connectivity index (χ2v) is 6.15. The summed E-state index contributed by atoms with van der Waals surface area (Å²) in [6.45, 7) is 3.56. The van der Waals surface area contributed by atoms with Crippen LogP contribution in [0.2, 0.25) is 0 Å². The van der Waals surface area contributed by atoms with Crippen LogP contribution in [0, 0.1) is 11.7 Å². The molecule has 5 heteroatoms. The Hall–Kier alpha value is -1.91. The number of hydrogen-bond acceptors (Lipinski definition) is 2. The van der Waals surface area contributed by atoms with E-state index < -0.39 is 0 Å². The summed E-state index contributed by atoms with van der Waals surface area (Å²) in [6, 6.07) is 4.67. The smallest absolute Gasteiger partial charge is 0.230 e. The van der Waals surface area contributed by atoms with Gasteiger partial charge in [-0.25, -0.2) is 4.39 Å². The van der Waals surface area contributed by atoms with Crippen molar-refractivity contribution in [3.63, 3.8) is 0 Å². The Morgan fingerprint density at radius 3 is 2.59 bits per heavy atom. The summed E-state index contributed by atoms with van der Waals surface area (Å²) in [4.78, 5) is 27.8. The van der Waals surface area contributed by atoms with Crippen LogP contribution in [0.3, 0.4) is 0 Å². The van der Waals surface area contributed by atoms with Gasteiger partial charge in [0.05, 0.1) is 0 Å². The van der Waals surface area contributed by atoms with Crippen LogP contribution in [0.5, 0.6) is 0 Å². The zero-order chi connectivity index (χ0) is 15.7. The third-order valence-corrected chi connectivity index (χ3v) is 4.72. The van der Waals surface area contributed by atoms with Crippen LogP contribution in [-0.2, 0) is 16.0 Å². The van der Waals surface area contributed by atoms with Crippen molar-refractivity contribution in [3.05, 3.63) is 29.6 Å². The Morgan fingerprint density at radius 2 is 1.91 bits per heavy atom. The number of benzene rings is 1. The third-order valence-electron chi connectivity index (χ3n) is 4.72. The fourth-order valence-corrected chi connectivity index (χ4v) is 3.46. The molecule has 0 aromatic heterocycles. The maximum Gasteiger partial charge on any atom is 0.230 e. The number of nitrogens with zero attached hydrogens (tertiary/aromatic N) is 2.